The number of rotatable bonds is 16. The third-order valence-corrected chi connectivity index (χ3v) is 6.16. The van der Waals surface area contributed by atoms with Crippen molar-refractivity contribution in [2.24, 2.45) is 0 Å². The third-order valence-electron chi connectivity index (χ3n) is 6.16. The minimum absolute atomic E-state index is 0.119. The zero-order chi connectivity index (χ0) is 31.5. The molecule has 0 radical (unpaired) electrons. The van der Waals surface area contributed by atoms with Crippen LogP contribution in [0.3, 0.4) is 0 Å². The Labute approximate surface area is 250 Å². The van der Waals surface area contributed by atoms with Gasteiger partial charge >= 0.3 is 12.1 Å². The van der Waals surface area contributed by atoms with Gasteiger partial charge in [0.2, 0.25) is 5.91 Å². The summed E-state index contributed by atoms with van der Waals surface area (Å²) in [7, 11) is 1.66. The van der Waals surface area contributed by atoms with E-state index in [1.54, 1.807) is 7.11 Å². The van der Waals surface area contributed by atoms with Gasteiger partial charge in [0, 0.05) is 51.5 Å². The van der Waals surface area contributed by atoms with E-state index in [0.717, 1.165) is 41.9 Å². The van der Waals surface area contributed by atoms with Crippen molar-refractivity contribution in [2.75, 3.05) is 33.4 Å². The molecule has 0 fully saturated rings. The number of amides is 1. The molecule has 0 aliphatic rings. The summed E-state index contributed by atoms with van der Waals surface area (Å²) in [5.74, 6) is -2.64. The number of nitrogens with zero attached hydrogens (tertiary/aromatic N) is 2. The van der Waals surface area contributed by atoms with Crippen molar-refractivity contribution < 1.29 is 37.3 Å². The zero-order valence-electron chi connectivity index (χ0n) is 24.6. The summed E-state index contributed by atoms with van der Waals surface area (Å²) in [5, 5.41) is 10.5. The first kappa shape index (κ1) is 35.4. The van der Waals surface area contributed by atoms with Crippen LogP contribution in [0.5, 0.6) is 0 Å². The summed E-state index contributed by atoms with van der Waals surface area (Å²) >= 11 is 0. The van der Waals surface area contributed by atoms with Gasteiger partial charge in [-0.2, -0.15) is 13.2 Å². The lowest BCUT2D eigenvalue weighted by molar-refractivity contribution is -0.192. The Morgan fingerprint density at radius 1 is 0.953 bits per heavy atom. The SMILES string of the molecule is CCCNCc1ccc(-c2ccc(CN(CCOC)C(=O)CCCOCc3ccccc3)cc2)nc1.O=C(O)C(F)(F)F. The van der Waals surface area contributed by atoms with Crippen molar-refractivity contribution in [2.45, 2.75) is 52.1 Å². The predicted octanol–water partition coefficient (Wildman–Crippen LogP) is 5.85. The largest absolute Gasteiger partial charge is 0.490 e. The number of alkyl halides is 3. The van der Waals surface area contributed by atoms with E-state index in [1.807, 2.05) is 41.4 Å². The molecule has 0 saturated heterocycles. The number of carboxylic acid groups (broad SMARTS) is 1. The van der Waals surface area contributed by atoms with Crippen LogP contribution in [0.2, 0.25) is 0 Å². The standard InChI is InChI=1S/C30H39N3O3.C2HF3O2/c1-3-17-31-21-27-13-16-29(32-22-27)28-14-11-25(12-15-28)23-33(18-20-35-2)30(34)10-7-19-36-24-26-8-5-4-6-9-26;3-2(4,5)1(6)7/h4-6,8-9,11-16,22,31H,3,7,10,17-21,23-24H2,1-2H3;(H,6,7). The molecular formula is C32H40F3N3O5. The monoisotopic (exact) mass is 603 g/mol. The van der Waals surface area contributed by atoms with Crippen LogP contribution in [-0.4, -0.2) is 66.5 Å². The molecule has 0 spiro atoms. The van der Waals surface area contributed by atoms with Crippen molar-refractivity contribution >= 4 is 11.9 Å². The second-order valence-electron chi connectivity index (χ2n) is 9.68. The van der Waals surface area contributed by atoms with E-state index in [9.17, 15) is 18.0 Å². The van der Waals surface area contributed by atoms with Crippen molar-refractivity contribution in [3.8, 4) is 11.3 Å². The lowest BCUT2D eigenvalue weighted by Crippen LogP contribution is -2.33. The van der Waals surface area contributed by atoms with Gasteiger partial charge in [0.1, 0.15) is 0 Å². The second kappa shape index (κ2) is 19.4. The number of ether oxygens (including phenoxy) is 2. The molecule has 234 valence electrons. The van der Waals surface area contributed by atoms with Crippen LogP contribution in [-0.2, 0) is 38.8 Å². The first-order chi connectivity index (χ1) is 20.6. The van der Waals surface area contributed by atoms with Crippen LogP contribution in [0, 0.1) is 0 Å². The van der Waals surface area contributed by atoms with Gasteiger partial charge in [-0.3, -0.25) is 9.78 Å². The van der Waals surface area contributed by atoms with Crippen LogP contribution in [0.4, 0.5) is 13.2 Å². The highest BCUT2D eigenvalue weighted by molar-refractivity contribution is 5.76. The first-order valence-corrected chi connectivity index (χ1v) is 14.1. The molecule has 43 heavy (non-hydrogen) atoms. The molecule has 1 aromatic heterocycles. The fourth-order valence-electron chi connectivity index (χ4n) is 3.85. The number of nitrogens with one attached hydrogen (secondary N) is 1. The number of aliphatic carboxylic acids is 1. The average molecular weight is 604 g/mol. The molecule has 3 aromatic rings. The van der Waals surface area contributed by atoms with E-state index in [0.29, 0.717) is 45.8 Å². The van der Waals surface area contributed by atoms with Gasteiger partial charge in [-0.1, -0.05) is 67.6 Å². The molecule has 11 heteroatoms. The Kier molecular flexibility index (Phi) is 16.0. The van der Waals surface area contributed by atoms with E-state index in [4.69, 9.17) is 19.4 Å². The van der Waals surface area contributed by atoms with Crippen molar-refractivity contribution in [1.82, 2.24) is 15.2 Å². The number of halogens is 3. The van der Waals surface area contributed by atoms with Gasteiger partial charge in [0.25, 0.3) is 0 Å². The summed E-state index contributed by atoms with van der Waals surface area (Å²) < 4.78 is 42.7. The molecule has 8 nitrogen and oxygen atoms in total. The lowest BCUT2D eigenvalue weighted by atomic mass is 10.1. The number of benzene rings is 2. The molecule has 1 heterocycles. The molecule has 0 bridgehead atoms. The normalized spacial score (nSPS) is 11.0. The zero-order valence-corrected chi connectivity index (χ0v) is 24.6. The van der Waals surface area contributed by atoms with Crippen molar-refractivity contribution in [3.05, 3.63) is 89.6 Å². The van der Waals surface area contributed by atoms with Gasteiger partial charge in [-0.25, -0.2) is 4.79 Å². The minimum Gasteiger partial charge on any atom is -0.475 e. The van der Waals surface area contributed by atoms with Crippen molar-refractivity contribution in [3.63, 3.8) is 0 Å². The Morgan fingerprint density at radius 3 is 2.21 bits per heavy atom. The Bertz CT molecular complexity index is 1210. The van der Waals surface area contributed by atoms with Crippen LogP contribution >= 0.6 is 0 Å². The van der Waals surface area contributed by atoms with E-state index < -0.39 is 12.1 Å². The second-order valence-corrected chi connectivity index (χ2v) is 9.68. The van der Waals surface area contributed by atoms with Gasteiger partial charge in [0.05, 0.1) is 18.9 Å². The summed E-state index contributed by atoms with van der Waals surface area (Å²) in [4.78, 5) is 28.3. The number of methoxy groups -OCH3 is 1. The van der Waals surface area contributed by atoms with Gasteiger partial charge in [-0.05, 0) is 42.1 Å². The number of carboxylic acids is 1. The summed E-state index contributed by atoms with van der Waals surface area (Å²) in [6.07, 6.45) is -0.875. The summed E-state index contributed by atoms with van der Waals surface area (Å²) in [5.41, 5.74) is 5.43. The quantitative estimate of drug-likeness (QED) is 0.198. The van der Waals surface area contributed by atoms with Crippen LogP contribution in [0.25, 0.3) is 11.3 Å². The first-order valence-electron chi connectivity index (χ1n) is 14.1. The number of aromatic nitrogens is 1. The van der Waals surface area contributed by atoms with E-state index in [1.165, 1.54) is 5.56 Å². The Morgan fingerprint density at radius 2 is 1.63 bits per heavy atom. The maximum Gasteiger partial charge on any atom is 0.490 e. The lowest BCUT2D eigenvalue weighted by Gasteiger charge is -2.23. The Hall–Kier alpha value is -3.80. The number of carbonyl (C=O) groups excluding carboxylic acids is 1. The highest BCUT2D eigenvalue weighted by atomic mass is 19.4. The number of hydrogen-bond donors (Lipinski definition) is 2. The van der Waals surface area contributed by atoms with Crippen LogP contribution in [0.15, 0.2) is 72.9 Å². The van der Waals surface area contributed by atoms with Crippen molar-refractivity contribution in [1.29, 1.82) is 0 Å². The molecular weight excluding hydrogens is 563 g/mol. The molecule has 2 N–H and O–H groups in total. The molecule has 0 aliphatic carbocycles. The maximum absolute atomic E-state index is 12.9. The number of hydrogen-bond acceptors (Lipinski definition) is 6. The molecule has 0 unspecified atom stereocenters. The van der Waals surface area contributed by atoms with Gasteiger partial charge < -0.3 is 24.8 Å². The fourth-order valence-corrected chi connectivity index (χ4v) is 3.85. The minimum atomic E-state index is -5.08. The third kappa shape index (κ3) is 14.3. The van der Waals surface area contributed by atoms with Crippen LogP contribution < -0.4 is 5.32 Å². The average Bonchev–Trinajstić information content (AvgIpc) is 3.00. The molecule has 2 aromatic carbocycles. The topological polar surface area (TPSA) is 101 Å². The molecule has 3 rings (SSSR count). The summed E-state index contributed by atoms with van der Waals surface area (Å²) in [6.45, 7) is 6.78. The van der Waals surface area contributed by atoms with E-state index in [2.05, 4.69) is 53.6 Å². The highest BCUT2D eigenvalue weighted by Gasteiger charge is 2.38. The highest BCUT2D eigenvalue weighted by Crippen LogP contribution is 2.19. The predicted molar refractivity (Wildman–Crippen MR) is 158 cm³/mol. The maximum atomic E-state index is 12.9. The molecule has 0 aliphatic heterocycles. The molecule has 0 atom stereocenters. The summed E-state index contributed by atoms with van der Waals surface area (Å²) in [6, 6.07) is 22.6. The Balaban J connectivity index is 0.000000821. The molecule has 1 amide bonds. The van der Waals surface area contributed by atoms with Crippen LogP contribution in [0.1, 0.15) is 42.9 Å². The molecule has 0 saturated carbocycles. The van der Waals surface area contributed by atoms with E-state index >= 15 is 0 Å². The van der Waals surface area contributed by atoms with Gasteiger partial charge in [-0.15, -0.1) is 0 Å². The number of pyridine rings is 1. The number of carbonyl (C=O) groups is 2. The smallest absolute Gasteiger partial charge is 0.475 e. The van der Waals surface area contributed by atoms with Gasteiger partial charge in [0.15, 0.2) is 0 Å². The van der Waals surface area contributed by atoms with E-state index in [-0.39, 0.29) is 5.91 Å². The fraction of sp³-hybridized carbons (Fsp3) is 0.406.